The van der Waals surface area contributed by atoms with Crippen LogP contribution in [-0.4, -0.2) is 27.8 Å². The van der Waals surface area contributed by atoms with Crippen molar-refractivity contribution in [2.24, 2.45) is 5.92 Å². The van der Waals surface area contributed by atoms with Gasteiger partial charge in [0.15, 0.2) is 0 Å². The van der Waals surface area contributed by atoms with Gasteiger partial charge in [-0.3, -0.25) is 0 Å². The Balaban J connectivity index is 1.97. The molecule has 4 rings (SSSR count). The zero-order valence-corrected chi connectivity index (χ0v) is 20.4. The molecule has 1 N–H and O–H groups in total. The van der Waals surface area contributed by atoms with Crippen molar-refractivity contribution >= 4 is 22.3 Å². The maximum absolute atomic E-state index is 13.7. The number of hydrogen-bond donors (Lipinski definition) is 1. The molecule has 3 aromatic rings. The first-order valence-corrected chi connectivity index (χ1v) is 12.8. The van der Waals surface area contributed by atoms with E-state index in [0.29, 0.717) is 11.1 Å². The van der Waals surface area contributed by atoms with E-state index in [2.05, 4.69) is 4.72 Å². The minimum Gasteiger partial charge on any atom is -0.466 e. The van der Waals surface area contributed by atoms with Crippen molar-refractivity contribution in [1.82, 2.24) is 4.72 Å². The highest BCUT2D eigenvalue weighted by Crippen LogP contribution is 2.48. The normalized spacial score (nSPS) is 22.2. The third-order valence-corrected chi connectivity index (χ3v) is 8.01. The fourth-order valence-electron chi connectivity index (χ4n) is 4.76. The van der Waals surface area contributed by atoms with E-state index in [0.717, 1.165) is 17.4 Å². The molecular weight excluding hydrogens is 462 g/mol. The Morgan fingerprint density at radius 1 is 0.971 bits per heavy atom. The van der Waals surface area contributed by atoms with E-state index in [-0.39, 0.29) is 11.3 Å². The van der Waals surface area contributed by atoms with Gasteiger partial charge in [0.25, 0.3) is 0 Å². The molecule has 1 aliphatic rings. The summed E-state index contributed by atoms with van der Waals surface area (Å²) in [6, 6.07) is 24.7. The van der Waals surface area contributed by atoms with Crippen molar-refractivity contribution in [3.8, 4) is 0 Å². The Morgan fingerprint density at radius 2 is 1.57 bits per heavy atom. The lowest BCUT2D eigenvalue weighted by Gasteiger charge is -2.44. The molecule has 0 aromatic heterocycles. The molecule has 0 saturated heterocycles. The van der Waals surface area contributed by atoms with Gasteiger partial charge in [0, 0.05) is 17.4 Å². The fourth-order valence-corrected chi connectivity index (χ4v) is 6.13. The van der Waals surface area contributed by atoms with E-state index < -0.39 is 33.4 Å². The van der Waals surface area contributed by atoms with Crippen LogP contribution in [0.5, 0.6) is 0 Å². The number of aryl methyl sites for hydroxylation is 1. The largest absolute Gasteiger partial charge is 0.466 e. The zero-order chi connectivity index (χ0) is 25.1. The predicted octanol–water partition coefficient (Wildman–Crippen LogP) is 4.27. The molecule has 0 fully saturated rings. The van der Waals surface area contributed by atoms with Crippen LogP contribution in [0, 0.1) is 12.8 Å². The van der Waals surface area contributed by atoms with Crippen LogP contribution < -0.4 is 4.72 Å². The summed E-state index contributed by atoms with van der Waals surface area (Å²) in [4.78, 5) is 25.6. The number of rotatable bonds is 7. The van der Waals surface area contributed by atoms with Crippen LogP contribution in [0.15, 0.2) is 101 Å². The van der Waals surface area contributed by atoms with E-state index in [1.165, 1.54) is 19.2 Å². The molecule has 0 saturated carbocycles. The predicted molar refractivity (Wildman–Crippen MR) is 133 cm³/mol. The van der Waals surface area contributed by atoms with Gasteiger partial charge in [0.2, 0.25) is 10.0 Å². The zero-order valence-electron chi connectivity index (χ0n) is 19.5. The Morgan fingerprint density at radius 3 is 2.14 bits per heavy atom. The Kier molecular flexibility index (Phi) is 7.00. The summed E-state index contributed by atoms with van der Waals surface area (Å²) in [7, 11) is -2.81. The Labute approximate surface area is 205 Å². The summed E-state index contributed by atoms with van der Waals surface area (Å²) in [5.74, 6) is -1.86. The van der Waals surface area contributed by atoms with Crippen molar-refractivity contribution < 1.29 is 22.7 Å². The molecule has 1 aliphatic carbocycles. The topological polar surface area (TPSA) is 89.5 Å². The SMILES string of the molecule is COC(=O)C1=C[C@@](NS(=O)(=O)c2ccc(C)cc2)(c2ccccc2)[C@H](C=O)[C@@H](c2ccccc2)C1. The maximum atomic E-state index is 13.7. The van der Waals surface area contributed by atoms with Gasteiger partial charge in [0.1, 0.15) is 6.29 Å². The number of carbonyl (C=O) groups excluding carboxylic acids is 2. The molecule has 0 aliphatic heterocycles. The van der Waals surface area contributed by atoms with E-state index in [1.54, 1.807) is 42.5 Å². The number of esters is 1. The average molecular weight is 490 g/mol. The van der Waals surface area contributed by atoms with Crippen LogP contribution in [0.3, 0.4) is 0 Å². The van der Waals surface area contributed by atoms with Crippen molar-refractivity contribution in [3.63, 3.8) is 0 Å². The quantitative estimate of drug-likeness (QED) is 0.395. The van der Waals surface area contributed by atoms with Crippen molar-refractivity contribution in [2.75, 3.05) is 7.11 Å². The first kappa shape index (κ1) is 24.6. The van der Waals surface area contributed by atoms with E-state index in [4.69, 9.17) is 4.74 Å². The van der Waals surface area contributed by atoms with Gasteiger partial charge in [-0.05, 0) is 42.7 Å². The second kappa shape index (κ2) is 9.98. The second-order valence-electron chi connectivity index (χ2n) is 8.70. The van der Waals surface area contributed by atoms with Crippen LogP contribution >= 0.6 is 0 Å². The molecule has 180 valence electrons. The van der Waals surface area contributed by atoms with Gasteiger partial charge in [-0.1, -0.05) is 78.4 Å². The number of ether oxygens (including phenoxy) is 1. The third-order valence-electron chi connectivity index (χ3n) is 6.51. The van der Waals surface area contributed by atoms with E-state index in [9.17, 15) is 18.0 Å². The van der Waals surface area contributed by atoms with Gasteiger partial charge in [-0.2, -0.15) is 4.72 Å². The molecular formula is C28H27NO5S. The molecule has 7 heteroatoms. The number of aldehydes is 1. The van der Waals surface area contributed by atoms with Crippen LogP contribution in [0.1, 0.15) is 29.0 Å². The molecule has 3 aromatic carbocycles. The molecule has 3 atom stereocenters. The Hall–Kier alpha value is -3.55. The summed E-state index contributed by atoms with van der Waals surface area (Å²) in [5, 5.41) is 0. The van der Waals surface area contributed by atoms with E-state index >= 15 is 0 Å². The van der Waals surface area contributed by atoms with Crippen LogP contribution in [0.25, 0.3) is 0 Å². The number of benzene rings is 3. The summed E-state index contributed by atoms with van der Waals surface area (Å²) in [6.45, 7) is 1.87. The fraction of sp³-hybridized carbons (Fsp3) is 0.214. The smallest absolute Gasteiger partial charge is 0.333 e. The lowest BCUT2D eigenvalue weighted by Crippen LogP contribution is -2.54. The van der Waals surface area contributed by atoms with Crippen molar-refractivity contribution in [2.45, 2.75) is 29.7 Å². The first-order chi connectivity index (χ1) is 16.8. The monoisotopic (exact) mass is 489 g/mol. The highest BCUT2D eigenvalue weighted by Gasteiger charge is 2.50. The maximum Gasteiger partial charge on any atom is 0.333 e. The Bertz CT molecular complexity index is 1340. The highest BCUT2D eigenvalue weighted by atomic mass is 32.2. The van der Waals surface area contributed by atoms with Gasteiger partial charge in [-0.25, -0.2) is 13.2 Å². The number of carbonyl (C=O) groups is 2. The lowest BCUT2D eigenvalue weighted by molar-refractivity contribution is -0.136. The molecule has 6 nitrogen and oxygen atoms in total. The second-order valence-corrected chi connectivity index (χ2v) is 10.4. The lowest BCUT2D eigenvalue weighted by atomic mass is 9.64. The molecule has 0 radical (unpaired) electrons. The molecule has 0 spiro atoms. The van der Waals surface area contributed by atoms with Crippen LogP contribution in [0.4, 0.5) is 0 Å². The molecule has 0 unspecified atom stereocenters. The number of nitrogens with one attached hydrogen (secondary N) is 1. The molecule has 0 heterocycles. The average Bonchev–Trinajstić information content (AvgIpc) is 2.88. The van der Waals surface area contributed by atoms with E-state index in [1.807, 2.05) is 43.3 Å². The summed E-state index contributed by atoms with van der Waals surface area (Å²) in [6.07, 6.45) is 2.58. The van der Waals surface area contributed by atoms with Crippen molar-refractivity contribution in [3.05, 3.63) is 113 Å². The first-order valence-electron chi connectivity index (χ1n) is 11.3. The highest BCUT2D eigenvalue weighted by molar-refractivity contribution is 7.89. The molecule has 35 heavy (non-hydrogen) atoms. The van der Waals surface area contributed by atoms with Gasteiger partial charge < -0.3 is 9.53 Å². The van der Waals surface area contributed by atoms with Gasteiger partial charge in [-0.15, -0.1) is 0 Å². The number of sulfonamides is 1. The number of methoxy groups -OCH3 is 1. The van der Waals surface area contributed by atoms with Gasteiger partial charge >= 0.3 is 5.97 Å². The van der Waals surface area contributed by atoms with Gasteiger partial charge in [0.05, 0.1) is 17.5 Å². The molecule has 0 amide bonds. The summed E-state index contributed by atoms with van der Waals surface area (Å²) < 4.78 is 35.2. The minimum atomic E-state index is -4.09. The van der Waals surface area contributed by atoms with Crippen LogP contribution in [-0.2, 0) is 29.9 Å². The minimum absolute atomic E-state index is 0.0675. The summed E-state index contributed by atoms with van der Waals surface area (Å²) in [5.41, 5.74) is 1.08. The molecule has 0 bridgehead atoms. The van der Waals surface area contributed by atoms with Crippen LogP contribution in [0.2, 0.25) is 0 Å². The standard InChI is InChI=1S/C28H27NO5S/c1-20-13-15-24(16-14-20)35(32,33)29-28(23-11-7-4-8-12-23)18-22(27(31)34-2)17-25(26(28)19-30)21-9-5-3-6-10-21/h3-16,18-19,25-26,29H,17H2,1-2H3/t25-,26-,28-/m1/s1. The third kappa shape index (κ3) is 4.83. The summed E-state index contributed by atoms with van der Waals surface area (Å²) >= 11 is 0. The number of hydrogen-bond acceptors (Lipinski definition) is 5. The van der Waals surface area contributed by atoms with Crippen molar-refractivity contribution in [1.29, 1.82) is 0 Å².